The van der Waals surface area contributed by atoms with Crippen LogP contribution >= 0.6 is 7.37 Å². The molecule has 4 atom stereocenters. The highest BCUT2D eigenvalue weighted by Gasteiger charge is 2.44. The number of pyridine rings is 1. The number of carbonyl (C=O) groups is 2. The lowest BCUT2D eigenvalue weighted by Crippen LogP contribution is -2.30. The van der Waals surface area contributed by atoms with Crippen molar-refractivity contribution in [2.45, 2.75) is 63.7 Å². The number of rotatable bonds is 12. The Balaban J connectivity index is 3.17. The zero-order valence-electron chi connectivity index (χ0n) is 15.2. The smallest absolute Gasteiger partial charge is 0.307 e. The van der Waals surface area contributed by atoms with Gasteiger partial charge in [-0.15, -0.1) is 0 Å². The molecule has 0 bridgehead atoms. The van der Waals surface area contributed by atoms with Gasteiger partial charge in [0.15, 0.2) is 0 Å². The number of aromatic nitrogens is 1. The predicted octanol–water partition coefficient (Wildman–Crippen LogP) is 3.93. The molecule has 4 unspecified atom stereocenters. The van der Waals surface area contributed by atoms with E-state index < -0.39 is 36.5 Å². The molecule has 0 radical (unpaired) electrons. The minimum absolute atomic E-state index is 0.161. The minimum atomic E-state index is -3.94. The largest absolute Gasteiger partial charge is 0.481 e. The number of hydrogen-bond donors (Lipinski definition) is 3. The van der Waals surface area contributed by atoms with Crippen molar-refractivity contribution in [2.75, 3.05) is 0 Å². The van der Waals surface area contributed by atoms with Crippen molar-refractivity contribution in [3.8, 4) is 0 Å². The molecule has 7 nitrogen and oxygen atoms in total. The van der Waals surface area contributed by atoms with Crippen molar-refractivity contribution in [1.29, 1.82) is 0 Å². The summed E-state index contributed by atoms with van der Waals surface area (Å²) in [6, 6.07) is 3.35. The summed E-state index contributed by atoms with van der Waals surface area (Å²) in [5, 5.41) is 18.5. The number of nitrogens with zero attached hydrogens (tertiary/aromatic N) is 1. The lowest BCUT2D eigenvalue weighted by molar-refractivity contribution is -0.143. The Morgan fingerprint density at radius 1 is 1.23 bits per heavy atom. The number of aliphatic carboxylic acids is 2. The highest BCUT2D eigenvalue weighted by molar-refractivity contribution is 7.59. The molecule has 8 heteroatoms. The molecule has 0 aliphatic heterocycles. The zero-order chi connectivity index (χ0) is 19.7. The standard InChI is InChI=1S/C18H28NO6P/c1-3-4-5-8-16(15(18(22)23)9-10-17(20)21)26(24,25)13(2)14-7-6-11-19-12-14/h6-7,11-13,15-16H,3-5,8-10H2,1-2H3,(H,20,21)(H,22,23)(H,24,25). The molecule has 1 aromatic rings. The molecule has 0 saturated carbocycles. The summed E-state index contributed by atoms with van der Waals surface area (Å²) in [6.07, 6.45) is 5.18. The molecule has 0 aliphatic rings. The molecule has 146 valence electrons. The Labute approximate surface area is 153 Å². The van der Waals surface area contributed by atoms with E-state index in [4.69, 9.17) is 5.11 Å². The third-order valence-electron chi connectivity index (χ3n) is 4.75. The van der Waals surface area contributed by atoms with Crippen LogP contribution in [-0.2, 0) is 14.2 Å². The molecular weight excluding hydrogens is 357 g/mol. The van der Waals surface area contributed by atoms with Crippen LogP contribution in [0.4, 0.5) is 0 Å². The van der Waals surface area contributed by atoms with Gasteiger partial charge in [-0.1, -0.05) is 32.3 Å². The van der Waals surface area contributed by atoms with Crippen LogP contribution in [0.5, 0.6) is 0 Å². The fourth-order valence-electron chi connectivity index (χ4n) is 3.13. The van der Waals surface area contributed by atoms with E-state index in [1.807, 2.05) is 6.92 Å². The lowest BCUT2D eigenvalue weighted by atomic mass is 9.95. The van der Waals surface area contributed by atoms with Crippen LogP contribution < -0.4 is 0 Å². The van der Waals surface area contributed by atoms with E-state index in [0.29, 0.717) is 12.0 Å². The minimum Gasteiger partial charge on any atom is -0.481 e. The van der Waals surface area contributed by atoms with Crippen LogP contribution in [0.2, 0.25) is 0 Å². The van der Waals surface area contributed by atoms with Gasteiger partial charge in [0, 0.05) is 24.5 Å². The van der Waals surface area contributed by atoms with Crippen molar-refractivity contribution < 1.29 is 29.3 Å². The van der Waals surface area contributed by atoms with Gasteiger partial charge in [-0.2, -0.15) is 0 Å². The predicted molar refractivity (Wildman–Crippen MR) is 98.4 cm³/mol. The Bertz CT molecular complexity index is 636. The molecule has 0 spiro atoms. The van der Waals surface area contributed by atoms with Gasteiger partial charge < -0.3 is 15.1 Å². The van der Waals surface area contributed by atoms with Gasteiger partial charge in [0.25, 0.3) is 0 Å². The van der Waals surface area contributed by atoms with Gasteiger partial charge in [-0.25, -0.2) is 0 Å². The molecule has 0 fully saturated rings. The van der Waals surface area contributed by atoms with Gasteiger partial charge in [0.2, 0.25) is 7.37 Å². The molecule has 1 heterocycles. The molecule has 0 saturated heterocycles. The van der Waals surface area contributed by atoms with E-state index >= 15 is 0 Å². The van der Waals surface area contributed by atoms with Crippen LogP contribution in [0.25, 0.3) is 0 Å². The Morgan fingerprint density at radius 2 is 1.92 bits per heavy atom. The van der Waals surface area contributed by atoms with Crippen molar-refractivity contribution in [3.05, 3.63) is 30.1 Å². The molecule has 0 amide bonds. The number of carboxylic acids is 2. The Kier molecular flexibility index (Phi) is 8.96. The third-order valence-corrected chi connectivity index (χ3v) is 7.73. The van der Waals surface area contributed by atoms with E-state index in [-0.39, 0.29) is 19.3 Å². The second kappa shape index (κ2) is 10.4. The van der Waals surface area contributed by atoms with Crippen LogP contribution in [0.3, 0.4) is 0 Å². The van der Waals surface area contributed by atoms with E-state index in [2.05, 4.69) is 4.98 Å². The molecular formula is C18H28NO6P. The average molecular weight is 385 g/mol. The monoisotopic (exact) mass is 385 g/mol. The van der Waals surface area contributed by atoms with Crippen LogP contribution in [0.1, 0.15) is 63.6 Å². The van der Waals surface area contributed by atoms with Gasteiger partial charge in [0.1, 0.15) is 0 Å². The zero-order valence-corrected chi connectivity index (χ0v) is 16.1. The molecule has 3 N–H and O–H groups in total. The molecule has 1 rings (SSSR count). The summed E-state index contributed by atoms with van der Waals surface area (Å²) < 4.78 is 13.3. The van der Waals surface area contributed by atoms with E-state index in [9.17, 15) is 24.2 Å². The maximum atomic E-state index is 13.3. The van der Waals surface area contributed by atoms with E-state index in [1.54, 1.807) is 25.3 Å². The second-order valence-electron chi connectivity index (χ2n) is 6.58. The van der Waals surface area contributed by atoms with Crippen molar-refractivity contribution in [2.24, 2.45) is 5.92 Å². The first-order valence-corrected chi connectivity index (χ1v) is 10.7. The molecule has 1 aromatic heterocycles. The summed E-state index contributed by atoms with van der Waals surface area (Å²) in [5.74, 6) is -3.50. The summed E-state index contributed by atoms with van der Waals surface area (Å²) in [7, 11) is -3.94. The fraction of sp³-hybridized carbons (Fsp3) is 0.611. The first-order valence-electron chi connectivity index (χ1n) is 8.88. The second-order valence-corrected chi connectivity index (χ2v) is 9.36. The van der Waals surface area contributed by atoms with Gasteiger partial charge >= 0.3 is 11.9 Å². The SMILES string of the molecule is CCCCCC(C(CCC(=O)O)C(=O)O)P(=O)(O)C(C)c1cccnc1. The average Bonchev–Trinajstić information content (AvgIpc) is 2.59. The quantitative estimate of drug-likeness (QED) is 0.368. The number of hydrogen-bond acceptors (Lipinski definition) is 4. The Morgan fingerprint density at radius 3 is 2.42 bits per heavy atom. The van der Waals surface area contributed by atoms with Crippen LogP contribution in [-0.4, -0.2) is 37.7 Å². The summed E-state index contributed by atoms with van der Waals surface area (Å²) in [6.45, 7) is 3.59. The maximum absolute atomic E-state index is 13.3. The normalized spacial score (nSPS) is 17.0. The number of carboxylic acid groups (broad SMARTS) is 2. The van der Waals surface area contributed by atoms with Gasteiger partial charge in [0.05, 0.1) is 11.6 Å². The first-order chi connectivity index (χ1) is 12.2. The molecule has 0 aromatic carbocycles. The summed E-state index contributed by atoms with van der Waals surface area (Å²) in [4.78, 5) is 37.5. The summed E-state index contributed by atoms with van der Waals surface area (Å²) in [5.41, 5.74) is -1.18. The van der Waals surface area contributed by atoms with E-state index in [0.717, 1.165) is 12.8 Å². The van der Waals surface area contributed by atoms with E-state index in [1.165, 1.54) is 6.20 Å². The third kappa shape index (κ3) is 6.22. The lowest BCUT2D eigenvalue weighted by Gasteiger charge is -2.32. The fourth-order valence-corrected chi connectivity index (χ4v) is 5.63. The Hall–Kier alpha value is -1.72. The number of unbranched alkanes of at least 4 members (excludes halogenated alkanes) is 2. The molecule has 0 aliphatic carbocycles. The van der Waals surface area contributed by atoms with Crippen molar-refractivity contribution in [1.82, 2.24) is 4.98 Å². The topological polar surface area (TPSA) is 125 Å². The molecule has 26 heavy (non-hydrogen) atoms. The van der Waals surface area contributed by atoms with Gasteiger partial charge in [-0.3, -0.25) is 19.1 Å². The highest BCUT2D eigenvalue weighted by Crippen LogP contribution is 2.62. The van der Waals surface area contributed by atoms with Crippen LogP contribution in [0.15, 0.2) is 24.5 Å². The van der Waals surface area contributed by atoms with Crippen molar-refractivity contribution in [3.63, 3.8) is 0 Å². The summed E-state index contributed by atoms with van der Waals surface area (Å²) >= 11 is 0. The van der Waals surface area contributed by atoms with Crippen LogP contribution in [0, 0.1) is 5.92 Å². The van der Waals surface area contributed by atoms with Gasteiger partial charge in [-0.05, 0) is 31.4 Å². The first kappa shape index (κ1) is 22.3. The highest BCUT2D eigenvalue weighted by atomic mass is 31.2. The van der Waals surface area contributed by atoms with Crippen molar-refractivity contribution >= 4 is 19.3 Å². The maximum Gasteiger partial charge on any atom is 0.307 e.